The first kappa shape index (κ1) is 10.7. The van der Waals surface area contributed by atoms with E-state index >= 15 is 0 Å². The third-order valence-electron chi connectivity index (χ3n) is 7.00. The summed E-state index contributed by atoms with van der Waals surface area (Å²) in [7, 11) is 0. The van der Waals surface area contributed by atoms with Crippen molar-refractivity contribution in [1.29, 1.82) is 0 Å². The topological polar surface area (TPSA) is 15.3 Å². The molecule has 0 amide bonds. The van der Waals surface area contributed by atoms with Crippen LogP contribution in [0.25, 0.3) is 0 Å². The molecule has 5 rings (SSSR count). The van der Waals surface area contributed by atoms with E-state index in [0.29, 0.717) is 0 Å². The first-order valence-corrected chi connectivity index (χ1v) is 8.42. The highest BCUT2D eigenvalue weighted by Crippen LogP contribution is 2.65. The summed E-state index contributed by atoms with van der Waals surface area (Å²) in [5, 5.41) is 4.11. The molecule has 0 aromatic rings. The standard InChI is InChI=1S/C16H26N2/c1-2-7-18-8-6-12(13(18)3-1)17-16-14-10-4-5-11(9-10)15(14)16/h10-17H,1-9H2. The zero-order chi connectivity index (χ0) is 11.7. The lowest BCUT2D eigenvalue weighted by Crippen LogP contribution is -2.46. The van der Waals surface area contributed by atoms with Gasteiger partial charge < -0.3 is 5.32 Å². The normalized spacial score (nSPS) is 57.7. The highest BCUT2D eigenvalue weighted by molar-refractivity contribution is 5.18. The van der Waals surface area contributed by atoms with Gasteiger partial charge in [0.15, 0.2) is 0 Å². The fourth-order valence-corrected chi connectivity index (χ4v) is 6.24. The molecular weight excluding hydrogens is 220 g/mol. The second kappa shape index (κ2) is 3.73. The number of nitrogens with zero attached hydrogens (tertiary/aromatic N) is 1. The third kappa shape index (κ3) is 1.37. The Hall–Kier alpha value is -0.0800. The van der Waals surface area contributed by atoms with E-state index in [4.69, 9.17) is 0 Å². The van der Waals surface area contributed by atoms with Crippen molar-refractivity contribution in [2.24, 2.45) is 23.7 Å². The van der Waals surface area contributed by atoms with Crippen molar-refractivity contribution in [1.82, 2.24) is 10.2 Å². The van der Waals surface area contributed by atoms with Crippen LogP contribution in [-0.4, -0.2) is 36.1 Å². The van der Waals surface area contributed by atoms with Crippen molar-refractivity contribution >= 4 is 0 Å². The van der Waals surface area contributed by atoms with Gasteiger partial charge in [0.2, 0.25) is 0 Å². The molecule has 0 aromatic carbocycles. The predicted octanol–water partition coefficient (Wildman–Crippen LogP) is 2.25. The molecule has 18 heavy (non-hydrogen) atoms. The van der Waals surface area contributed by atoms with Gasteiger partial charge in [0.25, 0.3) is 0 Å². The lowest BCUT2D eigenvalue weighted by molar-refractivity contribution is 0.178. The molecule has 5 aliphatic rings. The van der Waals surface area contributed by atoms with E-state index in [-0.39, 0.29) is 0 Å². The summed E-state index contributed by atoms with van der Waals surface area (Å²) in [6.07, 6.45) is 10.5. The van der Waals surface area contributed by atoms with Gasteiger partial charge >= 0.3 is 0 Å². The van der Waals surface area contributed by atoms with Gasteiger partial charge in [0.1, 0.15) is 0 Å². The highest BCUT2D eigenvalue weighted by atomic mass is 15.2. The monoisotopic (exact) mass is 246 g/mol. The Labute approximate surface area is 110 Å². The van der Waals surface area contributed by atoms with Crippen LogP contribution in [0.4, 0.5) is 0 Å². The zero-order valence-corrected chi connectivity index (χ0v) is 11.4. The molecule has 3 aliphatic carbocycles. The predicted molar refractivity (Wildman–Crippen MR) is 72.4 cm³/mol. The molecule has 3 saturated carbocycles. The lowest BCUT2D eigenvalue weighted by Gasteiger charge is -2.33. The zero-order valence-electron chi connectivity index (χ0n) is 11.4. The van der Waals surface area contributed by atoms with E-state index in [1.54, 1.807) is 19.3 Å². The van der Waals surface area contributed by atoms with E-state index in [1.165, 1.54) is 38.8 Å². The van der Waals surface area contributed by atoms with Gasteiger partial charge in [-0.05, 0) is 68.7 Å². The average molecular weight is 246 g/mol. The summed E-state index contributed by atoms with van der Waals surface area (Å²) >= 11 is 0. The van der Waals surface area contributed by atoms with Gasteiger partial charge in [-0.1, -0.05) is 6.42 Å². The van der Waals surface area contributed by atoms with Gasteiger partial charge in [-0.25, -0.2) is 0 Å². The molecule has 2 nitrogen and oxygen atoms in total. The minimum atomic E-state index is 0.847. The maximum absolute atomic E-state index is 4.11. The molecule has 2 heterocycles. The van der Waals surface area contributed by atoms with Crippen molar-refractivity contribution < 1.29 is 0 Å². The van der Waals surface area contributed by atoms with Gasteiger partial charge in [-0.2, -0.15) is 0 Å². The van der Waals surface area contributed by atoms with E-state index in [2.05, 4.69) is 10.2 Å². The number of hydrogen-bond acceptors (Lipinski definition) is 2. The molecule has 2 saturated heterocycles. The molecule has 2 aliphatic heterocycles. The number of nitrogens with one attached hydrogen (secondary N) is 1. The Morgan fingerprint density at radius 2 is 1.67 bits per heavy atom. The van der Waals surface area contributed by atoms with E-state index in [1.807, 2.05) is 0 Å². The molecule has 6 unspecified atom stereocenters. The van der Waals surface area contributed by atoms with Crippen LogP contribution < -0.4 is 5.32 Å². The fraction of sp³-hybridized carbons (Fsp3) is 1.00. The summed E-state index contributed by atoms with van der Waals surface area (Å²) in [5.74, 6) is 4.48. The molecule has 2 bridgehead atoms. The molecule has 0 aromatic heterocycles. The van der Waals surface area contributed by atoms with Crippen LogP contribution in [0.1, 0.15) is 44.9 Å². The lowest BCUT2D eigenvalue weighted by atomic mass is 9.98. The fourth-order valence-electron chi connectivity index (χ4n) is 6.24. The van der Waals surface area contributed by atoms with Crippen LogP contribution in [0, 0.1) is 23.7 Å². The van der Waals surface area contributed by atoms with Crippen molar-refractivity contribution in [2.45, 2.75) is 63.1 Å². The van der Waals surface area contributed by atoms with E-state index in [0.717, 1.165) is 41.8 Å². The molecule has 2 heteroatoms. The Morgan fingerprint density at radius 1 is 0.833 bits per heavy atom. The molecular formula is C16H26N2. The average Bonchev–Trinajstić information content (AvgIpc) is 2.79. The second-order valence-electron chi connectivity index (χ2n) is 7.67. The van der Waals surface area contributed by atoms with Crippen molar-refractivity contribution in [3.8, 4) is 0 Å². The minimum Gasteiger partial charge on any atom is -0.309 e. The smallest absolute Gasteiger partial charge is 0.0249 e. The first-order chi connectivity index (χ1) is 8.92. The summed E-state index contributed by atoms with van der Waals surface area (Å²) < 4.78 is 0. The van der Waals surface area contributed by atoms with Crippen molar-refractivity contribution in [3.05, 3.63) is 0 Å². The van der Waals surface area contributed by atoms with Crippen LogP contribution in [0.5, 0.6) is 0 Å². The second-order valence-corrected chi connectivity index (χ2v) is 7.67. The summed E-state index contributed by atoms with van der Waals surface area (Å²) in [4.78, 5) is 2.77. The largest absolute Gasteiger partial charge is 0.309 e. The number of fused-ring (bicyclic) bond motifs is 6. The summed E-state index contributed by atoms with van der Waals surface area (Å²) in [6.45, 7) is 2.75. The summed E-state index contributed by atoms with van der Waals surface area (Å²) in [6, 6.07) is 2.70. The Bertz CT molecular complexity index is 339. The van der Waals surface area contributed by atoms with Crippen LogP contribution in [-0.2, 0) is 0 Å². The quantitative estimate of drug-likeness (QED) is 0.804. The minimum absolute atomic E-state index is 0.847. The van der Waals surface area contributed by atoms with Crippen LogP contribution >= 0.6 is 0 Å². The molecule has 100 valence electrons. The maximum atomic E-state index is 4.11. The summed E-state index contributed by atoms with van der Waals surface area (Å²) in [5.41, 5.74) is 0. The first-order valence-electron chi connectivity index (χ1n) is 8.42. The Balaban J connectivity index is 1.26. The molecule has 0 radical (unpaired) electrons. The number of piperidine rings is 1. The molecule has 1 N–H and O–H groups in total. The van der Waals surface area contributed by atoms with Gasteiger partial charge in [0.05, 0.1) is 0 Å². The SMILES string of the molecule is C1CCN2CCC(NC3C4C5CCC(C5)C34)C2C1. The number of hydrogen-bond donors (Lipinski definition) is 1. The Morgan fingerprint density at radius 3 is 2.50 bits per heavy atom. The van der Waals surface area contributed by atoms with Gasteiger partial charge in [-0.15, -0.1) is 0 Å². The molecule has 0 spiro atoms. The van der Waals surface area contributed by atoms with Crippen molar-refractivity contribution in [3.63, 3.8) is 0 Å². The van der Waals surface area contributed by atoms with Gasteiger partial charge in [-0.3, -0.25) is 4.90 Å². The number of rotatable bonds is 2. The van der Waals surface area contributed by atoms with Gasteiger partial charge in [0, 0.05) is 24.7 Å². The van der Waals surface area contributed by atoms with Crippen LogP contribution in [0.15, 0.2) is 0 Å². The molecule has 5 fully saturated rings. The maximum Gasteiger partial charge on any atom is 0.0249 e. The molecule has 6 atom stereocenters. The Kier molecular flexibility index (Phi) is 2.21. The van der Waals surface area contributed by atoms with E-state index < -0.39 is 0 Å². The highest BCUT2D eigenvalue weighted by Gasteiger charge is 2.65. The van der Waals surface area contributed by atoms with E-state index in [9.17, 15) is 0 Å². The van der Waals surface area contributed by atoms with Crippen LogP contribution in [0.3, 0.4) is 0 Å². The van der Waals surface area contributed by atoms with Crippen LogP contribution in [0.2, 0.25) is 0 Å². The van der Waals surface area contributed by atoms with Crippen molar-refractivity contribution in [2.75, 3.05) is 13.1 Å². The third-order valence-corrected chi connectivity index (χ3v) is 7.00.